The highest BCUT2D eigenvalue weighted by Crippen LogP contribution is 2.25. The van der Waals surface area contributed by atoms with Crippen LogP contribution in [-0.2, 0) is 29.5 Å². The van der Waals surface area contributed by atoms with Crippen LogP contribution in [0.25, 0.3) is 0 Å². The second-order valence-electron chi connectivity index (χ2n) is 6.93. The van der Waals surface area contributed by atoms with E-state index >= 15 is 0 Å². The summed E-state index contributed by atoms with van der Waals surface area (Å²) in [5.41, 5.74) is 2.33. The quantitative estimate of drug-likeness (QED) is 0.559. The van der Waals surface area contributed by atoms with Gasteiger partial charge in [-0.15, -0.1) is 0 Å². The van der Waals surface area contributed by atoms with E-state index in [2.05, 4.69) is 5.10 Å². The van der Waals surface area contributed by atoms with E-state index in [9.17, 15) is 19.2 Å². The molecule has 3 heterocycles. The average molecular weight is 396 g/mol. The van der Waals surface area contributed by atoms with E-state index in [0.717, 1.165) is 10.6 Å². The Hall–Kier alpha value is -3.49. The van der Waals surface area contributed by atoms with E-state index in [1.165, 1.54) is 4.90 Å². The van der Waals surface area contributed by atoms with Crippen LogP contribution in [0.2, 0.25) is 0 Å². The van der Waals surface area contributed by atoms with Gasteiger partial charge < -0.3 is 9.64 Å². The number of imide groups is 1. The van der Waals surface area contributed by atoms with Crippen molar-refractivity contribution < 1.29 is 23.9 Å². The van der Waals surface area contributed by atoms with Crippen LogP contribution in [0.3, 0.4) is 0 Å². The maximum absolute atomic E-state index is 12.9. The highest BCUT2D eigenvalue weighted by Gasteiger charge is 2.38. The number of carbonyl (C=O) groups is 4. The van der Waals surface area contributed by atoms with E-state index in [0.29, 0.717) is 29.7 Å². The number of rotatable bonds is 4. The number of amides is 3. The highest BCUT2D eigenvalue weighted by atomic mass is 16.5. The summed E-state index contributed by atoms with van der Waals surface area (Å²) in [7, 11) is 1.75. The molecule has 0 atom stereocenters. The van der Waals surface area contributed by atoms with Gasteiger partial charge in [0, 0.05) is 37.8 Å². The van der Waals surface area contributed by atoms with Crippen molar-refractivity contribution in [2.75, 3.05) is 19.7 Å². The molecular weight excluding hydrogens is 376 g/mol. The Morgan fingerprint density at radius 3 is 2.41 bits per heavy atom. The number of nitrogens with zero attached hydrogens (tertiary/aromatic N) is 4. The molecule has 0 saturated carbocycles. The monoisotopic (exact) mass is 396 g/mol. The molecule has 1 aromatic carbocycles. The Morgan fingerprint density at radius 2 is 1.79 bits per heavy atom. The number of carbonyl (C=O) groups excluding carboxylic acids is 4. The van der Waals surface area contributed by atoms with Crippen LogP contribution in [0.1, 0.15) is 49.4 Å². The molecule has 0 aliphatic carbocycles. The van der Waals surface area contributed by atoms with Crippen LogP contribution >= 0.6 is 0 Å². The van der Waals surface area contributed by atoms with E-state index in [1.54, 1.807) is 42.9 Å². The molecule has 2 aromatic rings. The number of aromatic nitrogens is 2. The number of benzene rings is 1. The number of hydrogen-bond donors (Lipinski definition) is 0. The first-order valence-corrected chi connectivity index (χ1v) is 9.37. The number of esters is 1. The summed E-state index contributed by atoms with van der Waals surface area (Å²) in [6, 6.07) is 6.52. The lowest BCUT2D eigenvalue weighted by molar-refractivity contribution is -0.132. The summed E-state index contributed by atoms with van der Waals surface area (Å²) in [5, 5.41) is 4.24. The van der Waals surface area contributed by atoms with Gasteiger partial charge in [-0.25, -0.2) is 4.79 Å². The molecule has 0 unspecified atom stereocenters. The molecule has 0 N–H and O–H groups in total. The molecule has 150 valence electrons. The first-order chi connectivity index (χ1) is 13.9. The summed E-state index contributed by atoms with van der Waals surface area (Å²) in [4.78, 5) is 52.6. The van der Waals surface area contributed by atoms with E-state index < -0.39 is 17.8 Å². The highest BCUT2D eigenvalue weighted by molar-refractivity contribution is 6.22. The lowest BCUT2D eigenvalue weighted by Gasteiger charge is -2.28. The first-order valence-electron chi connectivity index (χ1n) is 9.37. The molecule has 0 saturated heterocycles. The third-order valence-corrected chi connectivity index (χ3v) is 5.24. The smallest absolute Gasteiger partial charge is 0.359 e. The molecule has 9 heteroatoms. The van der Waals surface area contributed by atoms with Crippen LogP contribution in [0.15, 0.2) is 24.3 Å². The van der Waals surface area contributed by atoms with Gasteiger partial charge in [0.2, 0.25) is 5.91 Å². The van der Waals surface area contributed by atoms with Gasteiger partial charge in [-0.3, -0.25) is 24.0 Å². The van der Waals surface area contributed by atoms with Crippen molar-refractivity contribution in [2.24, 2.45) is 7.05 Å². The normalized spacial score (nSPS) is 15.4. The molecule has 29 heavy (non-hydrogen) atoms. The fourth-order valence-electron chi connectivity index (χ4n) is 3.79. The second kappa shape index (κ2) is 7.16. The summed E-state index contributed by atoms with van der Waals surface area (Å²) in [5.74, 6) is -1.82. The Morgan fingerprint density at radius 1 is 1.14 bits per heavy atom. The van der Waals surface area contributed by atoms with Crippen molar-refractivity contribution in [1.82, 2.24) is 19.6 Å². The van der Waals surface area contributed by atoms with Gasteiger partial charge in [-0.2, -0.15) is 5.10 Å². The molecule has 9 nitrogen and oxygen atoms in total. The SMILES string of the molecule is CCOC(=O)c1nn(C)c2c1CN(C(=O)CN1C(=O)c3ccccc3C1=O)CC2. The molecule has 4 rings (SSSR count). The minimum atomic E-state index is -0.529. The summed E-state index contributed by atoms with van der Waals surface area (Å²) < 4.78 is 6.69. The Bertz CT molecular complexity index is 1010. The Labute approximate surface area is 166 Å². The molecule has 2 aliphatic heterocycles. The standard InChI is InChI=1S/C20H20N4O5/c1-3-29-20(28)17-14-10-23(9-8-15(14)22(2)21-17)16(25)11-24-18(26)12-6-4-5-7-13(12)19(24)27/h4-7H,3,8-11H2,1-2H3. The molecule has 0 bridgehead atoms. The lowest BCUT2D eigenvalue weighted by atomic mass is 10.0. The summed E-state index contributed by atoms with van der Waals surface area (Å²) in [6.07, 6.45) is 0.520. The third-order valence-electron chi connectivity index (χ3n) is 5.24. The van der Waals surface area contributed by atoms with Gasteiger partial charge in [-0.1, -0.05) is 12.1 Å². The molecule has 0 fully saturated rings. The predicted molar refractivity (Wildman–Crippen MR) is 100 cm³/mol. The van der Waals surface area contributed by atoms with Crippen molar-refractivity contribution in [3.05, 3.63) is 52.3 Å². The van der Waals surface area contributed by atoms with Gasteiger partial charge >= 0.3 is 5.97 Å². The van der Waals surface area contributed by atoms with Gasteiger partial charge in [-0.05, 0) is 19.1 Å². The number of hydrogen-bond acceptors (Lipinski definition) is 6. The van der Waals surface area contributed by atoms with Crippen molar-refractivity contribution in [1.29, 1.82) is 0 Å². The first kappa shape index (κ1) is 18.9. The maximum Gasteiger partial charge on any atom is 0.359 e. The van der Waals surface area contributed by atoms with Gasteiger partial charge in [0.05, 0.1) is 17.7 Å². The van der Waals surface area contributed by atoms with Crippen molar-refractivity contribution in [3.63, 3.8) is 0 Å². The molecule has 1 aromatic heterocycles. The van der Waals surface area contributed by atoms with Crippen LogP contribution in [-0.4, -0.2) is 63.0 Å². The van der Waals surface area contributed by atoms with E-state index in [-0.39, 0.29) is 31.3 Å². The summed E-state index contributed by atoms with van der Waals surface area (Å²) in [6.45, 7) is 2.20. The van der Waals surface area contributed by atoms with Crippen molar-refractivity contribution in [3.8, 4) is 0 Å². The van der Waals surface area contributed by atoms with Gasteiger partial charge in [0.1, 0.15) is 6.54 Å². The van der Waals surface area contributed by atoms with Crippen molar-refractivity contribution in [2.45, 2.75) is 19.9 Å². The summed E-state index contributed by atoms with van der Waals surface area (Å²) >= 11 is 0. The fourth-order valence-corrected chi connectivity index (χ4v) is 3.79. The molecule has 3 amide bonds. The fraction of sp³-hybridized carbons (Fsp3) is 0.350. The minimum absolute atomic E-state index is 0.180. The zero-order valence-electron chi connectivity index (χ0n) is 16.2. The Kier molecular flexibility index (Phi) is 4.65. The largest absolute Gasteiger partial charge is 0.461 e. The molecule has 0 spiro atoms. The maximum atomic E-state index is 12.9. The van der Waals surface area contributed by atoms with E-state index in [4.69, 9.17) is 4.74 Å². The van der Waals surface area contributed by atoms with Crippen LogP contribution < -0.4 is 0 Å². The van der Waals surface area contributed by atoms with Crippen LogP contribution in [0.4, 0.5) is 0 Å². The zero-order chi connectivity index (χ0) is 20.7. The molecule has 2 aliphatic rings. The number of ether oxygens (including phenoxy) is 1. The van der Waals surface area contributed by atoms with Crippen LogP contribution in [0, 0.1) is 0 Å². The van der Waals surface area contributed by atoms with Gasteiger partial charge in [0.25, 0.3) is 11.8 Å². The number of fused-ring (bicyclic) bond motifs is 2. The van der Waals surface area contributed by atoms with E-state index in [1.807, 2.05) is 0 Å². The zero-order valence-corrected chi connectivity index (χ0v) is 16.2. The van der Waals surface area contributed by atoms with Gasteiger partial charge in [0.15, 0.2) is 5.69 Å². The molecule has 0 radical (unpaired) electrons. The predicted octanol–water partition coefficient (Wildman–Crippen LogP) is 0.778. The number of aryl methyl sites for hydroxylation is 1. The third kappa shape index (κ3) is 3.08. The second-order valence-corrected chi connectivity index (χ2v) is 6.93. The Balaban J connectivity index is 1.52. The lowest BCUT2D eigenvalue weighted by Crippen LogP contribution is -2.44. The van der Waals surface area contributed by atoms with Crippen molar-refractivity contribution >= 4 is 23.7 Å². The minimum Gasteiger partial charge on any atom is -0.461 e. The molecular formula is C20H20N4O5. The topological polar surface area (TPSA) is 102 Å². The average Bonchev–Trinajstić information content (AvgIpc) is 3.18. The van der Waals surface area contributed by atoms with Crippen LogP contribution in [0.5, 0.6) is 0 Å².